The van der Waals surface area contributed by atoms with E-state index in [9.17, 15) is 9.59 Å². The molecule has 0 saturated heterocycles. The van der Waals surface area contributed by atoms with Gasteiger partial charge in [-0.3, -0.25) is 9.59 Å². The van der Waals surface area contributed by atoms with Gasteiger partial charge in [-0.1, -0.05) is 24.1 Å². The van der Waals surface area contributed by atoms with Crippen LogP contribution < -0.4 is 0 Å². The highest BCUT2D eigenvalue weighted by Gasteiger charge is 2.20. The van der Waals surface area contributed by atoms with E-state index in [2.05, 4.69) is 6.08 Å². The predicted octanol–water partition coefficient (Wildman–Crippen LogP) is 3.62. The monoisotopic (exact) mass is 234 g/mol. The van der Waals surface area contributed by atoms with Crippen LogP contribution in [0.25, 0.3) is 0 Å². The molecule has 0 aromatic heterocycles. The number of Topliss-reactive ketones (excluding diaryl/α,β-unsaturated/α-hetero) is 2. The van der Waals surface area contributed by atoms with Crippen molar-refractivity contribution in [3.05, 3.63) is 22.8 Å². The number of hydrogen-bond acceptors (Lipinski definition) is 2. The lowest BCUT2D eigenvalue weighted by Crippen LogP contribution is -2.17. The SMILES string of the molecule is CC(C)=C1CC(=O)[C@@H](C)CC/C=C(\C)CC1=O. The number of hydrogen-bond donors (Lipinski definition) is 0. The summed E-state index contributed by atoms with van der Waals surface area (Å²) in [5.41, 5.74) is 2.82. The van der Waals surface area contributed by atoms with Crippen molar-refractivity contribution in [1.82, 2.24) is 0 Å². The van der Waals surface area contributed by atoms with E-state index in [4.69, 9.17) is 0 Å². The second kappa shape index (κ2) is 5.95. The van der Waals surface area contributed by atoms with Crippen LogP contribution in [0.4, 0.5) is 0 Å². The molecule has 17 heavy (non-hydrogen) atoms. The quantitative estimate of drug-likeness (QED) is 0.474. The molecular formula is C15H22O2. The van der Waals surface area contributed by atoms with E-state index >= 15 is 0 Å². The summed E-state index contributed by atoms with van der Waals surface area (Å²) in [5, 5.41) is 0. The normalized spacial score (nSPS) is 26.5. The second-order valence-electron chi connectivity index (χ2n) is 5.25. The van der Waals surface area contributed by atoms with E-state index in [1.807, 2.05) is 27.7 Å². The van der Waals surface area contributed by atoms with Crippen molar-refractivity contribution >= 4 is 11.6 Å². The summed E-state index contributed by atoms with van der Waals surface area (Å²) >= 11 is 0. The fourth-order valence-corrected chi connectivity index (χ4v) is 2.08. The zero-order valence-electron chi connectivity index (χ0n) is 11.3. The van der Waals surface area contributed by atoms with Crippen LogP contribution in [0.1, 0.15) is 53.4 Å². The third kappa shape index (κ3) is 3.95. The molecule has 0 aromatic carbocycles. The summed E-state index contributed by atoms with van der Waals surface area (Å²) in [6.07, 6.45) is 4.66. The van der Waals surface area contributed by atoms with Crippen LogP contribution in [0.5, 0.6) is 0 Å². The van der Waals surface area contributed by atoms with Crippen molar-refractivity contribution in [1.29, 1.82) is 0 Å². The Labute approximate surface area is 104 Å². The standard InChI is InChI=1S/C15H22O2/c1-10(2)13-9-14(16)12(4)7-5-6-11(3)8-15(13)17/h6,12H,5,7-9H2,1-4H3/b11-6+/t12-/m0/s1. The van der Waals surface area contributed by atoms with E-state index in [1.165, 1.54) is 0 Å². The molecule has 94 valence electrons. The van der Waals surface area contributed by atoms with Crippen LogP contribution in [0.2, 0.25) is 0 Å². The van der Waals surface area contributed by atoms with Gasteiger partial charge in [0.1, 0.15) is 5.78 Å². The van der Waals surface area contributed by atoms with Gasteiger partial charge in [0.05, 0.1) is 0 Å². The molecule has 1 aliphatic rings. The zero-order chi connectivity index (χ0) is 13.0. The minimum atomic E-state index is 0.0549. The first-order valence-electron chi connectivity index (χ1n) is 6.29. The Morgan fingerprint density at radius 2 is 1.88 bits per heavy atom. The number of allylic oxidation sites excluding steroid dienone is 4. The average molecular weight is 234 g/mol. The molecule has 0 saturated carbocycles. The molecule has 2 nitrogen and oxygen atoms in total. The molecule has 1 atom stereocenters. The molecule has 0 N–H and O–H groups in total. The van der Waals surface area contributed by atoms with Crippen LogP contribution >= 0.6 is 0 Å². The van der Waals surface area contributed by atoms with Gasteiger partial charge in [-0.2, -0.15) is 0 Å². The van der Waals surface area contributed by atoms with E-state index in [0.717, 1.165) is 29.6 Å². The maximum atomic E-state index is 12.1. The lowest BCUT2D eigenvalue weighted by molar-refractivity contribution is -0.123. The van der Waals surface area contributed by atoms with Crippen LogP contribution in [0.3, 0.4) is 0 Å². The van der Waals surface area contributed by atoms with Crippen molar-refractivity contribution in [2.45, 2.75) is 53.4 Å². The van der Waals surface area contributed by atoms with Gasteiger partial charge in [-0.25, -0.2) is 0 Å². The summed E-state index contributed by atoms with van der Waals surface area (Å²) in [6, 6.07) is 0. The van der Waals surface area contributed by atoms with E-state index in [1.54, 1.807) is 0 Å². The van der Waals surface area contributed by atoms with Gasteiger partial charge in [-0.15, -0.1) is 0 Å². The van der Waals surface area contributed by atoms with Gasteiger partial charge in [0.25, 0.3) is 0 Å². The smallest absolute Gasteiger partial charge is 0.163 e. The maximum Gasteiger partial charge on any atom is 0.163 e. The van der Waals surface area contributed by atoms with E-state index in [0.29, 0.717) is 12.8 Å². The minimum absolute atomic E-state index is 0.0549. The summed E-state index contributed by atoms with van der Waals surface area (Å²) in [6.45, 7) is 7.78. The van der Waals surface area contributed by atoms with Crippen molar-refractivity contribution in [3.63, 3.8) is 0 Å². The minimum Gasteiger partial charge on any atom is -0.299 e. The van der Waals surface area contributed by atoms with Crippen molar-refractivity contribution in [3.8, 4) is 0 Å². The maximum absolute atomic E-state index is 12.1. The van der Waals surface area contributed by atoms with Crippen LogP contribution in [-0.2, 0) is 9.59 Å². The number of ketones is 2. The molecule has 1 rings (SSSR count). The molecule has 0 spiro atoms. The molecule has 0 unspecified atom stereocenters. The first-order chi connectivity index (χ1) is 7.91. The van der Waals surface area contributed by atoms with Crippen molar-refractivity contribution in [2.75, 3.05) is 0 Å². The zero-order valence-corrected chi connectivity index (χ0v) is 11.3. The van der Waals surface area contributed by atoms with Gasteiger partial charge in [-0.05, 0) is 33.6 Å². The predicted molar refractivity (Wildman–Crippen MR) is 69.8 cm³/mol. The molecule has 0 aliphatic heterocycles. The molecule has 0 aromatic rings. The van der Waals surface area contributed by atoms with E-state index in [-0.39, 0.29) is 17.5 Å². The molecule has 1 aliphatic carbocycles. The Bertz CT molecular complexity index is 382. The van der Waals surface area contributed by atoms with Gasteiger partial charge in [0, 0.05) is 24.3 Å². The summed E-state index contributed by atoms with van der Waals surface area (Å²) in [4.78, 5) is 24.1. The Hall–Kier alpha value is -1.18. The Morgan fingerprint density at radius 3 is 2.47 bits per heavy atom. The Kier molecular flexibility index (Phi) is 4.86. The molecule has 0 bridgehead atoms. The third-order valence-electron chi connectivity index (χ3n) is 3.37. The first-order valence-corrected chi connectivity index (χ1v) is 6.29. The van der Waals surface area contributed by atoms with E-state index < -0.39 is 0 Å². The lowest BCUT2D eigenvalue weighted by atomic mass is 9.88. The van der Waals surface area contributed by atoms with Crippen LogP contribution in [-0.4, -0.2) is 11.6 Å². The van der Waals surface area contributed by atoms with Gasteiger partial charge < -0.3 is 0 Å². The van der Waals surface area contributed by atoms with Gasteiger partial charge in [0.15, 0.2) is 5.78 Å². The average Bonchev–Trinajstić information content (AvgIpc) is 2.23. The first kappa shape index (κ1) is 13.9. The van der Waals surface area contributed by atoms with Crippen molar-refractivity contribution < 1.29 is 9.59 Å². The summed E-state index contributed by atoms with van der Waals surface area (Å²) in [7, 11) is 0. The largest absolute Gasteiger partial charge is 0.299 e. The van der Waals surface area contributed by atoms with Crippen LogP contribution in [0.15, 0.2) is 22.8 Å². The molecule has 2 heteroatoms. The molecule has 0 fully saturated rings. The fraction of sp³-hybridized carbons (Fsp3) is 0.600. The molecule has 0 radical (unpaired) electrons. The highest BCUT2D eigenvalue weighted by molar-refractivity contribution is 6.02. The number of rotatable bonds is 0. The molecule has 0 amide bonds. The highest BCUT2D eigenvalue weighted by Crippen LogP contribution is 2.22. The Morgan fingerprint density at radius 1 is 1.24 bits per heavy atom. The second-order valence-corrected chi connectivity index (χ2v) is 5.25. The summed E-state index contributed by atoms with van der Waals surface area (Å²) in [5.74, 6) is 0.364. The van der Waals surface area contributed by atoms with Gasteiger partial charge in [0.2, 0.25) is 0 Å². The van der Waals surface area contributed by atoms with Crippen LogP contribution in [0, 0.1) is 5.92 Å². The fourth-order valence-electron chi connectivity index (χ4n) is 2.08. The lowest BCUT2D eigenvalue weighted by Gasteiger charge is -2.15. The Balaban J connectivity index is 3.03. The van der Waals surface area contributed by atoms with Crippen molar-refractivity contribution in [2.24, 2.45) is 5.92 Å². The number of carbonyl (C=O) groups is 2. The summed E-state index contributed by atoms with van der Waals surface area (Å²) < 4.78 is 0. The highest BCUT2D eigenvalue weighted by atomic mass is 16.1. The molecular weight excluding hydrogens is 212 g/mol. The topological polar surface area (TPSA) is 34.1 Å². The number of carbonyl (C=O) groups excluding carboxylic acids is 2. The van der Waals surface area contributed by atoms with Gasteiger partial charge >= 0.3 is 0 Å². The third-order valence-corrected chi connectivity index (χ3v) is 3.37. The molecule has 0 heterocycles.